The van der Waals surface area contributed by atoms with Crippen molar-refractivity contribution in [3.8, 4) is 22.8 Å². The van der Waals surface area contributed by atoms with Gasteiger partial charge in [-0.05, 0) is 25.1 Å². The molecule has 1 aliphatic rings. The zero-order chi connectivity index (χ0) is 17.4. The van der Waals surface area contributed by atoms with Gasteiger partial charge in [0.25, 0.3) is 5.91 Å². The number of hydrogen-bond acceptors (Lipinski definition) is 7. The van der Waals surface area contributed by atoms with E-state index in [1.54, 1.807) is 6.92 Å². The van der Waals surface area contributed by atoms with Crippen LogP contribution >= 0.6 is 11.3 Å². The van der Waals surface area contributed by atoms with Crippen LogP contribution in [-0.4, -0.2) is 22.8 Å². The number of anilines is 1. The molecule has 0 fully saturated rings. The number of amides is 1. The van der Waals surface area contributed by atoms with E-state index in [4.69, 9.17) is 14.0 Å². The molecule has 0 radical (unpaired) electrons. The summed E-state index contributed by atoms with van der Waals surface area (Å²) in [6, 6.07) is 5.64. The summed E-state index contributed by atoms with van der Waals surface area (Å²) >= 11 is 1.36. The highest BCUT2D eigenvalue weighted by Gasteiger charge is 2.21. The lowest BCUT2D eigenvalue weighted by Gasteiger charge is -2.02. The molecule has 2 aromatic heterocycles. The Kier molecular flexibility index (Phi) is 3.89. The van der Waals surface area contributed by atoms with E-state index in [9.17, 15) is 4.79 Å². The highest BCUT2D eigenvalue weighted by molar-refractivity contribution is 7.14. The molecular weight excluding hydrogens is 342 g/mol. The van der Waals surface area contributed by atoms with Crippen LogP contribution in [0.3, 0.4) is 0 Å². The van der Waals surface area contributed by atoms with E-state index in [0.29, 0.717) is 34.3 Å². The highest BCUT2D eigenvalue weighted by Crippen LogP contribution is 2.36. The van der Waals surface area contributed by atoms with Crippen molar-refractivity contribution < 1.29 is 18.8 Å². The van der Waals surface area contributed by atoms with E-state index in [1.807, 2.05) is 30.5 Å². The standard InChI is InChI=1S/C17H15N3O4S/c1-3-12-15(9(2)20-24-12)16(21)19-17-18-11(7-25-17)10-4-5-13-14(6-10)23-8-22-13/h4-7H,3,8H2,1-2H3,(H,18,19,21). The zero-order valence-electron chi connectivity index (χ0n) is 13.7. The van der Waals surface area contributed by atoms with Gasteiger partial charge in [-0.15, -0.1) is 11.3 Å². The van der Waals surface area contributed by atoms with Gasteiger partial charge < -0.3 is 14.0 Å². The van der Waals surface area contributed by atoms with E-state index in [2.05, 4.69) is 15.5 Å². The summed E-state index contributed by atoms with van der Waals surface area (Å²) < 4.78 is 15.9. The summed E-state index contributed by atoms with van der Waals surface area (Å²) in [6.45, 7) is 3.89. The van der Waals surface area contributed by atoms with Crippen LogP contribution in [0.25, 0.3) is 11.3 Å². The van der Waals surface area contributed by atoms with Gasteiger partial charge in [0, 0.05) is 17.4 Å². The van der Waals surface area contributed by atoms with Gasteiger partial charge in [-0.1, -0.05) is 12.1 Å². The lowest BCUT2D eigenvalue weighted by molar-refractivity contribution is 0.102. The van der Waals surface area contributed by atoms with Crippen LogP contribution in [0.5, 0.6) is 11.5 Å². The van der Waals surface area contributed by atoms with Gasteiger partial charge in [-0.3, -0.25) is 10.1 Å². The number of carbonyl (C=O) groups is 1. The predicted molar refractivity (Wildman–Crippen MR) is 92.2 cm³/mol. The zero-order valence-corrected chi connectivity index (χ0v) is 14.5. The quantitative estimate of drug-likeness (QED) is 0.767. The molecule has 1 amide bonds. The average Bonchev–Trinajstić information content (AvgIpc) is 3.32. The Morgan fingerprint density at radius 2 is 2.16 bits per heavy atom. The maximum atomic E-state index is 12.5. The molecule has 3 heterocycles. The minimum Gasteiger partial charge on any atom is -0.454 e. The van der Waals surface area contributed by atoms with Crippen molar-refractivity contribution >= 4 is 22.4 Å². The Morgan fingerprint density at radius 1 is 1.32 bits per heavy atom. The Morgan fingerprint density at radius 3 is 3.00 bits per heavy atom. The van der Waals surface area contributed by atoms with Gasteiger partial charge in [0.15, 0.2) is 16.6 Å². The minimum atomic E-state index is -0.262. The van der Waals surface area contributed by atoms with Gasteiger partial charge in [-0.2, -0.15) is 0 Å². The first-order valence-corrected chi connectivity index (χ1v) is 8.65. The van der Waals surface area contributed by atoms with Crippen molar-refractivity contribution in [2.24, 2.45) is 0 Å². The Balaban J connectivity index is 1.55. The summed E-state index contributed by atoms with van der Waals surface area (Å²) in [7, 11) is 0. The molecule has 3 aromatic rings. The Bertz CT molecular complexity index is 947. The molecule has 0 spiro atoms. The monoisotopic (exact) mass is 357 g/mol. The van der Waals surface area contributed by atoms with Crippen molar-refractivity contribution in [2.45, 2.75) is 20.3 Å². The first kappa shape index (κ1) is 15.6. The molecule has 0 atom stereocenters. The second-order valence-corrected chi connectivity index (χ2v) is 6.34. The lowest BCUT2D eigenvalue weighted by atomic mass is 10.1. The number of benzene rings is 1. The third-order valence-corrected chi connectivity index (χ3v) is 4.63. The maximum Gasteiger partial charge on any atom is 0.262 e. The number of aromatic nitrogens is 2. The highest BCUT2D eigenvalue weighted by atomic mass is 32.1. The second kappa shape index (κ2) is 6.21. The number of fused-ring (bicyclic) bond motifs is 1. The average molecular weight is 357 g/mol. The fourth-order valence-corrected chi connectivity index (χ4v) is 3.34. The van der Waals surface area contributed by atoms with Crippen LogP contribution in [0, 0.1) is 6.92 Å². The van der Waals surface area contributed by atoms with Crippen LogP contribution in [-0.2, 0) is 6.42 Å². The third kappa shape index (κ3) is 2.85. The van der Waals surface area contributed by atoms with Gasteiger partial charge in [-0.25, -0.2) is 4.98 Å². The van der Waals surface area contributed by atoms with Crippen molar-refractivity contribution in [1.29, 1.82) is 0 Å². The predicted octanol–water partition coefficient (Wildman–Crippen LogP) is 3.65. The van der Waals surface area contributed by atoms with Crippen LogP contribution in [0.4, 0.5) is 5.13 Å². The van der Waals surface area contributed by atoms with Gasteiger partial charge in [0.05, 0.1) is 11.4 Å². The molecule has 1 aromatic carbocycles. The molecule has 1 N–H and O–H groups in total. The molecule has 25 heavy (non-hydrogen) atoms. The summed E-state index contributed by atoms with van der Waals surface area (Å²) in [5.41, 5.74) is 2.71. The van der Waals surface area contributed by atoms with E-state index in [1.165, 1.54) is 11.3 Å². The van der Waals surface area contributed by atoms with E-state index < -0.39 is 0 Å². The molecule has 0 aliphatic carbocycles. The molecule has 4 rings (SSSR count). The minimum absolute atomic E-state index is 0.231. The van der Waals surface area contributed by atoms with Gasteiger partial charge in [0.1, 0.15) is 11.3 Å². The molecule has 128 valence electrons. The summed E-state index contributed by atoms with van der Waals surface area (Å²) in [4.78, 5) is 17.0. The number of aryl methyl sites for hydroxylation is 2. The van der Waals surface area contributed by atoms with Crippen molar-refractivity contribution in [2.75, 3.05) is 12.1 Å². The molecular formula is C17H15N3O4S. The molecule has 8 heteroatoms. The van der Waals surface area contributed by atoms with Crippen LogP contribution in [0.2, 0.25) is 0 Å². The summed E-state index contributed by atoms with van der Waals surface area (Å²) in [5.74, 6) is 1.73. The number of nitrogens with one attached hydrogen (secondary N) is 1. The number of rotatable bonds is 4. The molecule has 1 aliphatic heterocycles. The largest absolute Gasteiger partial charge is 0.454 e. The van der Waals surface area contributed by atoms with Crippen molar-refractivity contribution in [3.63, 3.8) is 0 Å². The number of ether oxygens (including phenoxy) is 2. The van der Waals surface area contributed by atoms with Crippen LogP contribution in [0.1, 0.15) is 28.7 Å². The molecule has 0 saturated heterocycles. The second-order valence-electron chi connectivity index (χ2n) is 5.48. The molecule has 7 nitrogen and oxygen atoms in total. The topological polar surface area (TPSA) is 86.5 Å². The van der Waals surface area contributed by atoms with Gasteiger partial charge >= 0.3 is 0 Å². The van der Waals surface area contributed by atoms with Crippen LogP contribution in [0.15, 0.2) is 28.1 Å². The van der Waals surface area contributed by atoms with E-state index in [-0.39, 0.29) is 12.7 Å². The van der Waals surface area contributed by atoms with Crippen molar-refractivity contribution in [1.82, 2.24) is 10.1 Å². The van der Waals surface area contributed by atoms with E-state index >= 15 is 0 Å². The number of hydrogen-bond donors (Lipinski definition) is 1. The fraction of sp³-hybridized carbons (Fsp3) is 0.235. The van der Waals surface area contributed by atoms with E-state index in [0.717, 1.165) is 17.0 Å². The maximum absolute atomic E-state index is 12.5. The molecule has 0 unspecified atom stereocenters. The summed E-state index contributed by atoms with van der Waals surface area (Å²) in [6.07, 6.45) is 0.601. The SMILES string of the molecule is CCc1onc(C)c1C(=O)Nc1nc(-c2ccc3c(c2)OCO3)cs1. The smallest absolute Gasteiger partial charge is 0.262 e. The first-order valence-electron chi connectivity index (χ1n) is 7.77. The van der Waals surface area contributed by atoms with Gasteiger partial charge in [0.2, 0.25) is 6.79 Å². The first-order chi connectivity index (χ1) is 12.2. The number of thiazole rings is 1. The normalized spacial score (nSPS) is 12.4. The summed E-state index contributed by atoms with van der Waals surface area (Å²) in [5, 5.41) is 9.07. The Hall–Kier alpha value is -2.87. The third-order valence-electron chi connectivity index (χ3n) is 3.87. The fourth-order valence-electron chi connectivity index (χ4n) is 2.63. The number of nitrogens with zero attached hydrogens (tertiary/aromatic N) is 2. The number of carbonyl (C=O) groups excluding carboxylic acids is 1. The molecule has 0 saturated carbocycles. The molecule has 0 bridgehead atoms. The van der Waals surface area contributed by atoms with Crippen molar-refractivity contribution in [3.05, 3.63) is 40.6 Å². The van der Waals surface area contributed by atoms with Crippen LogP contribution < -0.4 is 14.8 Å². The lowest BCUT2D eigenvalue weighted by Crippen LogP contribution is -2.14. The Labute approximate surface area is 147 Å².